The number of rotatable bonds is 3. The Morgan fingerprint density at radius 1 is 1.43 bits per heavy atom. The molecule has 0 aliphatic rings. The smallest absolute Gasteiger partial charge is 0.0960 e. The molecule has 1 N–H and O–H groups in total. The summed E-state index contributed by atoms with van der Waals surface area (Å²) in [6.07, 6.45) is 3.59. The van der Waals surface area contributed by atoms with Gasteiger partial charge in [0.25, 0.3) is 0 Å². The lowest BCUT2D eigenvalue weighted by atomic mass is 9.78. The summed E-state index contributed by atoms with van der Waals surface area (Å²) in [7, 11) is 0. The van der Waals surface area contributed by atoms with Crippen LogP contribution in [0.25, 0.3) is 0 Å². The van der Waals surface area contributed by atoms with Crippen LogP contribution in [-0.4, -0.2) is 5.11 Å². The van der Waals surface area contributed by atoms with E-state index in [1.165, 1.54) is 0 Å². The molecule has 80 valence electrons. The van der Waals surface area contributed by atoms with E-state index in [1.54, 1.807) is 12.5 Å². The highest BCUT2D eigenvalue weighted by molar-refractivity contribution is 5.09. The van der Waals surface area contributed by atoms with E-state index in [1.807, 2.05) is 6.07 Å². The number of hydrogen-bond acceptors (Lipinski definition) is 2. The molecule has 0 bridgehead atoms. The summed E-state index contributed by atoms with van der Waals surface area (Å²) >= 11 is 0. The quantitative estimate of drug-likeness (QED) is 0.804. The lowest BCUT2D eigenvalue weighted by Gasteiger charge is -2.28. The third kappa shape index (κ3) is 2.88. The molecule has 0 spiro atoms. The third-order valence-electron chi connectivity index (χ3n) is 2.98. The molecule has 0 amide bonds. The molecule has 0 aliphatic heterocycles. The Bertz CT molecular complexity index is 256. The molecule has 1 aromatic heterocycles. The van der Waals surface area contributed by atoms with Gasteiger partial charge in [0, 0.05) is 5.56 Å². The normalized spacial score (nSPS) is 16.6. The fourth-order valence-corrected chi connectivity index (χ4v) is 1.29. The van der Waals surface area contributed by atoms with Crippen LogP contribution in [0.1, 0.15) is 45.8 Å². The maximum absolute atomic E-state index is 9.88. The molecule has 0 radical (unpaired) electrons. The Morgan fingerprint density at radius 2 is 2.07 bits per heavy atom. The molecular formula is C12H20O2. The largest absolute Gasteiger partial charge is 0.472 e. The standard InChI is InChI=1S/C12H20O2/c1-9(12(2,3)4)7-11(13)10-5-6-14-8-10/h5-6,8-9,11,13H,7H2,1-4H3. The predicted octanol–water partition coefficient (Wildman–Crippen LogP) is 3.39. The van der Waals surface area contributed by atoms with Crippen LogP contribution in [0.2, 0.25) is 0 Å². The summed E-state index contributed by atoms with van der Waals surface area (Å²) in [5.41, 5.74) is 1.12. The Morgan fingerprint density at radius 3 is 2.50 bits per heavy atom. The van der Waals surface area contributed by atoms with Gasteiger partial charge in [-0.3, -0.25) is 0 Å². The molecule has 0 fully saturated rings. The zero-order valence-electron chi connectivity index (χ0n) is 9.45. The zero-order chi connectivity index (χ0) is 10.8. The van der Waals surface area contributed by atoms with Crippen LogP contribution in [0, 0.1) is 11.3 Å². The molecule has 0 aromatic carbocycles. The molecule has 2 unspecified atom stereocenters. The Hall–Kier alpha value is -0.760. The summed E-state index contributed by atoms with van der Waals surface area (Å²) < 4.78 is 4.94. The summed E-state index contributed by atoms with van der Waals surface area (Å²) in [6, 6.07) is 1.82. The van der Waals surface area contributed by atoms with E-state index in [2.05, 4.69) is 27.7 Å². The van der Waals surface area contributed by atoms with Crippen molar-refractivity contribution in [2.45, 2.75) is 40.2 Å². The predicted molar refractivity (Wildman–Crippen MR) is 56.9 cm³/mol. The number of aliphatic hydroxyl groups excluding tert-OH is 1. The van der Waals surface area contributed by atoms with Crippen molar-refractivity contribution in [2.75, 3.05) is 0 Å². The van der Waals surface area contributed by atoms with Crippen molar-refractivity contribution in [1.29, 1.82) is 0 Å². The van der Waals surface area contributed by atoms with Crippen molar-refractivity contribution in [3.8, 4) is 0 Å². The van der Waals surface area contributed by atoms with Crippen LogP contribution >= 0.6 is 0 Å². The van der Waals surface area contributed by atoms with Gasteiger partial charge >= 0.3 is 0 Å². The molecule has 1 heterocycles. The first-order valence-corrected chi connectivity index (χ1v) is 5.11. The van der Waals surface area contributed by atoms with Gasteiger partial charge in [-0.2, -0.15) is 0 Å². The Kier molecular flexibility index (Phi) is 3.38. The summed E-state index contributed by atoms with van der Waals surface area (Å²) in [4.78, 5) is 0. The van der Waals surface area contributed by atoms with Gasteiger partial charge in [-0.05, 0) is 23.8 Å². The second kappa shape index (κ2) is 4.18. The van der Waals surface area contributed by atoms with Crippen LogP contribution < -0.4 is 0 Å². The van der Waals surface area contributed by atoms with Crippen molar-refractivity contribution in [3.05, 3.63) is 24.2 Å². The van der Waals surface area contributed by atoms with Crippen LogP contribution in [0.4, 0.5) is 0 Å². The fraction of sp³-hybridized carbons (Fsp3) is 0.667. The second-order valence-corrected chi connectivity index (χ2v) is 5.08. The number of furan rings is 1. The summed E-state index contributed by atoms with van der Waals surface area (Å²) in [5, 5.41) is 9.88. The van der Waals surface area contributed by atoms with Gasteiger partial charge in [0.1, 0.15) is 0 Å². The van der Waals surface area contributed by atoms with Gasteiger partial charge in [0.05, 0.1) is 18.6 Å². The van der Waals surface area contributed by atoms with Crippen molar-refractivity contribution in [2.24, 2.45) is 11.3 Å². The maximum atomic E-state index is 9.88. The molecule has 1 aromatic rings. The Labute approximate surface area is 85.9 Å². The average Bonchev–Trinajstić information content (AvgIpc) is 2.53. The molecule has 2 nitrogen and oxygen atoms in total. The van der Waals surface area contributed by atoms with Gasteiger partial charge in [-0.15, -0.1) is 0 Å². The highest BCUT2D eigenvalue weighted by Gasteiger charge is 2.23. The molecular weight excluding hydrogens is 176 g/mol. The molecule has 0 saturated carbocycles. The molecule has 1 rings (SSSR count). The van der Waals surface area contributed by atoms with E-state index in [9.17, 15) is 5.11 Å². The lowest BCUT2D eigenvalue weighted by molar-refractivity contribution is 0.110. The third-order valence-corrected chi connectivity index (χ3v) is 2.98. The van der Waals surface area contributed by atoms with Gasteiger partial charge in [-0.25, -0.2) is 0 Å². The lowest BCUT2D eigenvalue weighted by Crippen LogP contribution is -2.19. The Balaban J connectivity index is 2.53. The SMILES string of the molecule is CC(CC(O)c1ccoc1)C(C)(C)C. The van der Waals surface area contributed by atoms with E-state index in [4.69, 9.17) is 4.42 Å². The minimum absolute atomic E-state index is 0.241. The first-order chi connectivity index (χ1) is 6.41. The van der Waals surface area contributed by atoms with E-state index in [-0.39, 0.29) is 5.41 Å². The van der Waals surface area contributed by atoms with Crippen molar-refractivity contribution in [3.63, 3.8) is 0 Å². The van der Waals surface area contributed by atoms with Crippen LogP contribution in [0.3, 0.4) is 0 Å². The molecule has 2 heteroatoms. The van der Waals surface area contributed by atoms with Gasteiger partial charge in [-0.1, -0.05) is 27.7 Å². The van der Waals surface area contributed by atoms with E-state index in [0.29, 0.717) is 5.92 Å². The first kappa shape index (κ1) is 11.3. The van der Waals surface area contributed by atoms with Crippen molar-refractivity contribution >= 4 is 0 Å². The minimum atomic E-state index is -0.400. The molecule has 0 saturated heterocycles. The highest BCUT2D eigenvalue weighted by atomic mass is 16.3. The topological polar surface area (TPSA) is 33.4 Å². The van der Waals surface area contributed by atoms with E-state index >= 15 is 0 Å². The number of aliphatic hydroxyl groups is 1. The second-order valence-electron chi connectivity index (χ2n) is 5.08. The zero-order valence-corrected chi connectivity index (χ0v) is 9.45. The van der Waals surface area contributed by atoms with Crippen LogP contribution in [-0.2, 0) is 0 Å². The summed E-state index contributed by atoms with van der Waals surface area (Å²) in [6.45, 7) is 8.75. The highest BCUT2D eigenvalue weighted by Crippen LogP contribution is 2.33. The molecule has 14 heavy (non-hydrogen) atoms. The molecule has 0 aliphatic carbocycles. The van der Waals surface area contributed by atoms with Gasteiger partial charge in [0.15, 0.2) is 0 Å². The van der Waals surface area contributed by atoms with E-state index in [0.717, 1.165) is 12.0 Å². The minimum Gasteiger partial charge on any atom is -0.472 e. The maximum Gasteiger partial charge on any atom is 0.0960 e. The van der Waals surface area contributed by atoms with Crippen LogP contribution in [0.5, 0.6) is 0 Å². The van der Waals surface area contributed by atoms with Crippen LogP contribution in [0.15, 0.2) is 23.0 Å². The number of hydrogen-bond donors (Lipinski definition) is 1. The van der Waals surface area contributed by atoms with Crippen molar-refractivity contribution < 1.29 is 9.52 Å². The van der Waals surface area contributed by atoms with Crippen molar-refractivity contribution in [1.82, 2.24) is 0 Å². The van der Waals surface area contributed by atoms with Gasteiger partial charge < -0.3 is 9.52 Å². The molecule has 2 atom stereocenters. The van der Waals surface area contributed by atoms with Gasteiger partial charge in [0.2, 0.25) is 0 Å². The van der Waals surface area contributed by atoms with E-state index < -0.39 is 6.10 Å². The average molecular weight is 196 g/mol. The monoisotopic (exact) mass is 196 g/mol. The first-order valence-electron chi connectivity index (χ1n) is 5.11. The fourth-order valence-electron chi connectivity index (χ4n) is 1.29. The summed E-state index contributed by atoms with van der Waals surface area (Å²) in [5.74, 6) is 0.479.